The second kappa shape index (κ2) is 33.8. The number of benzene rings is 2. The van der Waals surface area contributed by atoms with Crippen molar-refractivity contribution in [3.05, 3.63) is 80.8 Å². The molecule has 488 valence electrons. The number of fused-ring (bicyclic) bond motifs is 4. The molecule has 0 spiro atoms. The van der Waals surface area contributed by atoms with Gasteiger partial charge < -0.3 is 84.6 Å². The maximum absolute atomic E-state index is 14.0. The number of phenolic OH excluding ortho intramolecular Hbond substituents is 2. The van der Waals surface area contributed by atoms with Gasteiger partial charge in [-0.3, -0.25) is 57.5 Å². The van der Waals surface area contributed by atoms with E-state index in [1.165, 1.54) is 97.1 Å². The summed E-state index contributed by atoms with van der Waals surface area (Å²) in [6, 6.07) is -1.98. The Balaban J connectivity index is 1.04. The number of nitrogens with zero attached hydrogens (tertiary/aromatic N) is 2. The lowest BCUT2D eigenvalue weighted by atomic mass is 10.00. The van der Waals surface area contributed by atoms with E-state index < -0.39 is 138 Å². The van der Waals surface area contributed by atoms with E-state index in [0.29, 0.717) is 52.2 Å². The zero-order valence-corrected chi connectivity index (χ0v) is 53.2. The van der Waals surface area contributed by atoms with Crippen LogP contribution in [0.1, 0.15) is 101 Å². The van der Waals surface area contributed by atoms with E-state index in [4.69, 9.17) is 0 Å². The second-order valence-corrected chi connectivity index (χ2v) is 24.0. The number of phenols is 2. The monoisotopic (exact) mass is 1290 g/mol. The molecule has 2 aromatic heterocycles. The van der Waals surface area contributed by atoms with Gasteiger partial charge >= 0.3 is 0 Å². The Morgan fingerprint density at radius 2 is 1.13 bits per heavy atom. The molecule has 3 heterocycles. The SMILES string of the molecule is Cc1ccc(O)c(Cc2cnc(NCCCNC(=O)[C@H](C)NC(=O)[C@H](C)NC(=O)[C@H](C)NC(=O)[C@H](C)NC(=O)CNC(=O)[C@H](C)NC(=O)[C@H](C)NC(=O)[C@@H]3Cc4ccc(O)c(c4)Cc4cnc(s4)NCC(=O)N[C@@H](C)C(=O)N[C@@H](C)C(=O)N[C@@H](C)C(=O)N3)s2)c1. The summed E-state index contributed by atoms with van der Waals surface area (Å²) in [6.07, 6.45) is 4.37. The lowest BCUT2D eigenvalue weighted by Gasteiger charge is -2.25. The minimum Gasteiger partial charge on any atom is -0.508 e. The van der Waals surface area contributed by atoms with Crippen LogP contribution >= 0.6 is 22.7 Å². The molecule has 90 heavy (non-hydrogen) atoms. The van der Waals surface area contributed by atoms with Crippen molar-refractivity contribution in [2.75, 3.05) is 36.8 Å². The number of carbonyl (C=O) groups excluding carboxylic acids is 12. The van der Waals surface area contributed by atoms with E-state index in [9.17, 15) is 67.7 Å². The fraction of sp³-hybridized carbons (Fsp3) is 0.483. The van der Waals surface area contributed by atoms with Crippen molar-refractivity contribution in [1.29, 1.82) is 0 Å². The van der Waals surface area contributed by atoms with Crippen LogP contribution in [-0.4, -0.2) is 178 Å². The summed E-state index contributed by atoms with van der Waals surface area (Å²) < 4.78 is 0. The van der Waals surface area contributed by atoms with E-state index in [-0.39, 0.29) is 30.9 Å². The van der Waals surface area contributed by atoms with E-state index in [0.717, 1.165) is 16.0 Å². The fourth-order valence-electron chi connectivity index (χ4n) is 8.47. The average molecular weight is 1290 g/mol. The Bertz CT molecular complexity index is 3290. The molecule has 5 rings (SSSR count). The Kier molecular flexibility index (Phi) is 26.7. The molecule has 0 saturated carbocycles. The summed E-state index contributed by atoms with van der Waals surface area (Å²) >= 11 is 2.66. The first-order valence-corrected chi connectivity index (χ1v) is 30.6. The van der Waals surface area contributed by atoms with Crippen LogP contribution < -0.4 is 74.4 Å². The van der Waals surface area contributed by atoms with Gasteiger partial charge in [-0.15, -0.1) is 22.7 Å². The van der Waals surface area contributed by atoms with E-state index in [1.807, 2.05) is 19.1 Å². The van der Waals surface area contributed by atoms with Gasteiger partial charge in [0.2, 0.25) is 70.9 Å². The quantitative estimate of drug-likeness (QED) is 0.0387. The van der Waals surface area contributed by atoms with Crippen molar-refractivity contribution in [1.82, 2.24) is 73.8 Å². The summed E-state index contributed by atoms with van der Waals surface area (Å²) in [4.78, 5) is 167. The minimum absolute atomic E-state index is 0.0826. The second-order valence-electron chi connectivity index (χ2n) is 21.8. The molecule has 4 aromatic rings. The molecule has 12 amide bonds. The number of aromatic nitrogens is 2. The third kappa shape index (κ3) is 22.6. The minimum atomic E-state index is -1.39. The van der Waals surface area contributed by atoms with Crippen LogP contribution in [0.25, 0.3) is 0 Å². The molecule has 0 fully saturated rings. The molecule has 16 N–H and O–H groups in total. The molecule has 10 atom stereocenters. The fourth-order valence-corrected chi connectivity index (χ4v) is 10.2. The van der Waals surface area contributed by atoms with Crippen molar-refractivity contribution in [2.45, 2.75) is 155 Å². The van der Waals surface area contributed by atoms with E-state index in [1.54, 1.807) is 24.5 Å². The molecule has 30 nitrogen and oxygen atoms in total. The van der Waals surface area contributed by atoms with Gasteiger partial charge in [-0.1, -0.05) is 29.8 Å². The summed E-state index contributed by atoms with van der Waals surface area (Å²) in [6.45, 7) is 14.2. The maximum Gasteiger partial charge on any atom is 0.243 e. The van der Waals surface area contributed by atoms with Crippen LogP contribution in [0.15, 0.2) is 48.8 Å². The molecule has 32 heteroatoms. The molecule has 0 aliphatic carbocycles. The van der Waals surface area contributed by atoms with Crippen molar-refractivity contribution >= 4 is 104 Å². The van der Waals surface area contributed by atoms with Gasteiger partial charge in [-0.05, 0) is 104 Å². The van der Waals surface area contributed by atoms with Gasteiger partial charge in [0.1, 0.15) is 71.9 Å². The molecule has 1 aliphatic rings. The van der Waals surface area contributed by atoms with Gasteiger partial charge in [0.15, 0.2) is 10.3 Å². The molecular formula is C58H80N16O14S2. The summed E-state index contributed by atoms with van der Waals surface area (Å²) in [7, 11) is 0. The van der Waals surface area contributed by atoms with Crippen LogP contribution in [0.3, 0.4) is 0 Å². The number of nitrogens with one attached hydrogen (secondary N) is 14. The van der Waals surface area contributed by atoms with Crippen molar-refractivity contribution in [2.24, 2.45) is 0 Å². The Morgan fingerprint density at radius 1 is 0.600 bits per heavy atom. The van der Waals surface area contributed by atoms with Crippen LogP contribution in [0, 0.1) is 6.92 Å². The van der Waals surface area contributed by atoms with Gasteiger partial charge in [0, 0.05) is 54.5 Å². The molecule has 4 bridgehead atoms. The first kappa shape index (κ1) is 71.3. The number of hydrogen-bond donors (Lipinski definition) is 16. The zero-order valence-electron chi connectivity index (χ0n) is 51.6. The number of aromatic hydroxyl groups is 2. The maximum atomic E-state index is 14.0. The van der Waals surface area contributed by atoms with Crippen LogP contribution in [0.5, 0.6) is 11.5 Å². The largest absolute Gasteiger partial charge is 0.508 e. The van der Waals surface area contributed by atoms with Crippen LogP contribution in [-0.2, 0) is 76.8 Å². The lowest BCUT2D eigenvalue weighted by Crippen LogP contribution is -2.58. The zero-order chi connectivity index (χ0) is 66.5. The number of carbonyl (C=O) groups is 12. The van der Waals surface area contributed by atoms with Crippen LogP contribution in [0.2, 0.25) is 0 Å². The van der Waals surface area contributed by atoms with Gasteiger partial charge in [0.25, 0.3) is 0 Å². The number of rotatable bonds is 22. The molecule has 0 unspecified atom stereocenters. The summed E-state index contributed by atoms with van der Waals surface area (Å²) in [5.41, 5.74) is 2.74. The van der Waals surface area contributed by atoms with Crippen molar-refractivity contribution in [3.63, 3.8) is 0 Å². The Morgan fingerprint density at radius 3 is 1.74 bits per heavy atom. The highest BCUT2D eigenvalue weighted by molar-refractivity contribution is 7.15. The molecule has 2 aromatic carbocycles. The molecular weight excluding hydrogens is 1210 g/mol. The van der Waals surface area contributed by atoms with Crippen molar-refractivity contribution < 1.29 is 67.7 Å². The number of amides is 12. The Hall–Kier alpha value is -9.46. The van der Waals surface area contributed by atoms with Gasteiger partial charge in [-0.2, -0.15) is 0 Å². The van der Waals surface area contributed by atoms with E-state index in [2.05, 4.69) is 84.4 Å². The topological polar surface area (TPSA) is 439 Å². The predicted octanol–water partition coefficient (Wildman–Crippen LogP) is -1.77. The standard InChI is InChI=1S/C58H80N16O14S2/c1-27-12-14-43(75)38(18-27)21-40-23-62-57(89-40)60-17-11-16-59-47(79)28(2)67-51(83)32(6)71-52(84)33(7)69-49(81)30(4)65-45(77)25-61-48(80)29(3)68-54(86)35(9)73-56(88)42-20-37-13-15-44(76)39(19-37)22-41-24-63-58(90-41)64-26-46(78)66-31(5)50(82)70-34(8)53(85)72-36(10)55(87)74-42/h12-15,18-19,23-24,28-36,42,75-76H,11,16-17,20-22,25-26H2,1-10H3,(H,59,79)(H,60,62)(H,61,80)(H,63,64)(H,65,77)(H,66,78)(H,67,83)(H,68,86)(H,69,81)(H,70,82)(H,71,84)(H,72,85)(H,73,88)(H,74,87)/t28-,29-,30-,31-,32-,33-,34-,35-,36-,42-/m0/s1. The normalized spacial score (nSPS) is 18.5. The predicted molar refractivity (Wildman–Crippen MR) is 332 cm³/mol. The highest BCUT2D eigenvalue weighted by Gasteiger charge is 2.31. The average Bonchev–Trinajstić information content (AvgIpc) is 2.40. The molecule has 0 radical (unpaired) electrons. The van der Waals surface area contributed by atoms with Crippen LogP contribution in [0.4, 0.5) is 10.3 Å². The molecule has 0 saturated heterocycles. The lowest BCUT2D eigenvalue weighted by molar-refractivity contribution is -0.135. The Labute approximate surface area is 527 Å². The number of hydrogen-bond acceptors (Lipinski definition) is 20. The van der Waals surface area contributed by atoms with Gasteiger partial charge in [0.05, 0.1) is 13.1 Å². The third-order valence-corrected chi connectivity index (χ3v) is 15.8. The smallest absolute Gasteiger partial charge is 0.243 e. The van der Waals surface area contributed by atoms with Gasteiger partial charge in [-0.25, -0.2) is 9.97 Å². The third-order valence-electron chi connectivity index (χ3n) is 13.8. The highest BCUT2D eigenvalue weighted by Crippen LogP contribution is 2.28. The summed E-state index contributed by atoms with van der Waals surface area (Å²) in [5, 5.41) is 58.1. The van der Waals surface area contributed by atoms with Crippen molar-refractivity contribution in [3.8, 4) is 11.5 Å². The summed E-state index contributed by atoms with van der Waals surface area (Å²) in [5.74, 6) is -8.67. The number of anilines is 2. The molecule has 1 aliphatic heterocycles. The first-order valence-electron chi connectivity index (χ1n) is 29.0. The first-order chi connectivity index (χ1) is 42.5. The highest BCUT2D eigenvalue weighted by atomic mass is 32.1. The number of thiazole rings is 2. The number of aryl methyl sites for hydroxylation is 1. The van der Waals surface area contributed by atoms with E-state index >= 15 is 0 Å².